The summed E-state index contributed by atoms with van der Waals surface area (Å²) in [5.41, 5.74) is 5.28. The van der Waals surface area contributed by atoms with E-state index < -0.39 is 0 Å². The number of nitrogens with zero attached hydrogens (tertiary/aromatic N) is 2. The van der Waals surface area contributed by atoms with Gasteiger partial charge in [0.15, 0.2) is 0 Å². The standard InChI is InChI=1S/C27H23ClN2O3/c1-17-7-10-21(28)15-23(17)30-26(31)24(19-8-11-22(33-2)12-9-19)25(27(30)32)29-14-13-18-5-3-4-6-20(18)16-29/h3-12,15H,13-14,16H2,1-2H3. The van der Waals surface area contributed by atoms with Crippen LogP contribution in [0.5, 0.6) is 5.75 Å². The van der Waals surface area contributed by atoms with E-state index in [-0.39, 0.29) is 11.8 Å². The van der Waals surface area contributed by atoms with E-state index in [2.05, 4.69) is 12.1 Å². The van der Waals surface area contributed by atoms with E-state index in [0.717, 1.165) is 12.0 Å². The molecule has 0 aliphatic carbocycles. The highest BCUT2D eigenvalue weighted by Gasteiger charge is 2.43. The Morgan fingerprint density at radius 1 is 0.909 bits per heavy atom. The van der Waals surface area contributed by atoms with E-state index in [1.54, 1.807) is 31.4 Å². The Labute approximate surface area is 197 Å². The van der Waals surface area contributed by atoms with Gasteiger partial charge >= 0.3 is 0 Å². The first-order valence-electron chi connectivity index (χ1n) is 10.8. The molecule has 0 radical (unpaired) electrons. The first kappa shape index (κ1) is 21.3. The van der Waals surface area contributed by atoms with Crippen molar-refractivity contribution in [3.63, 3.8) is 0 Å². The third-order valence-corrected chi connectivity index (χ3v) is 6.53. The summed E-state index contributed by atoms with van der Waals surface area (Å²) < 4.78 is 5.28. The van der Waals surface area contributed by atoms with Crippen LogP contribution in [-0.4, -0.2) is 30.4 Å². The van der Waals surface area contributed by atoms with Gasteiger partial charge in [0.05, 0.1) is 18.4 Å². The molecule has 0 N–H and O–H groups in total. The van der Waals surface area contributed by atoms with Gasteiger partial charge < -0.3 is 9.64 Å². The van der Waals surface area contributed by atoms with E-state index in [0.29, 0.717) is 46.4 Å². The van der Waals surface area contributed by atoms with Gasteiger partial charge in [-0.15, -0.1) is 0 Å². The second-order valence-electron chi connectivity index (χ2n) is 8.27. The monoisotopic (exact) mass is 458 g/mol. The largest absolute Gasteiger partial charge is 0.497 e. The maximum Gasteiger partial charge on any atom is 0.282 e. The number of carbonyl (C=O) groups is 2. The molecule has 0 spiro atoms. The molecule has 0 saturated heterocycles. The van der Waals surface area contributed by atoms with Crippen molar-refractivity contribution in [3.8, 4) is 5.75 Å². The fourth-order valence-corrected chi connectivity index (χ4v) is 4.72. The number of halogens is 1. The van der Waals surface area contributed by atoms with Gasteiger partial charge in [-0.1, -0.05) is 54.1 Å². The molecule has 3 aromatic carbocycles. The van der Waals surface area contributed by atoms with Gasteiger partial charge in [0.1, 0.15) is 11.4 Å². The second-order valence-corrected chi connectivity index (χ2v) is 8.71. The van der Waals surface area contributed by atoms with Crippen molar-refractivity contribution in [3.05, 3.63) is 99.7 Å². The van der Waals surface area contributed by atoms with Crippen LogP contribution in [0.25, 0.3) is 5.57 Å². The lowest BCUT2D eigenvalue weighted by Gasteiger charge is -2.31. The Balaban J connectivity index is 1.63. The normalized spacial score (nSPS) is 15.8. The lowest BCUT2D eigenvalue weighted by Crippen LogP contribution is -2.37. The summed E-state index contributed by atoms with van der Waals surface area (Å²) in [6.07, 6.45) is 0.813. The average Bonchev–Trinajstić information content (AvgIpc) is 3.10. The highest BCUT2D eigenvalue weighted by Crippen LogP contribution is 2.38. The van der Waals surface area contributed by atoms with Crippen molar-refractivity contribution in [2.45, 2.75) is 19.9 Å². The van der Waals surface area contributed by atoms with Crippen LogP contribution < -0.4 is 9.64 Å². The fourth-order valence-electron chi connectivity index (χ4n) is 4.56. The van der Waals surface area contributed by atoms with Crippen molar-refractivity contribution in [2.75, 3.05) is 18.6 Å². The van der Waals surface area contributed by atoms with E-state index in [1.807, 2.05) is 42.2 Å². The maximum absolute atomic E-state index is 13.8. The minimum absolute atomic E-state index is 0.324. The van der Waals surface area contributed by atoms with Crippen molar-refractivity contribution in [1.82, 2.24) is 4.90 Å². The van der Waals surface area contributed by atoms with E-state index in [1.165, 1.54) is 16.0 Å². The first-order chi connectivity index (χ1) is 16.0. The Kier molecular flexibility index (Phi) is 5.43. The smallest absolute Gasteiger partial charge is 0.282 e. The number of benzene rings is 3. The van der Waals surface area contributed by atoms with Gasteiger partial charge in [0.25, 0.3) is 11.8 Å². The summed E-state index contributed by atoms with van der Waals surface area (Å²) in [5, 5.41) is 0.475. The number of ether oxygens (including phenoxy) is 1. The van der Waals surface area contributed by atoms with E-state index in [4.69, 9.17) is 16.3 Å². The molecule has 0 unspecified atom stereocenters. The Morgan fingerprint density at radius 2 is 1.64 bits per heavy atom. The number of methoxy groups -OCH3 is 1. The lowest BCUT2D eigenvalue weighted by atomic mass is 9.98. The predicted molar refractivity (Wildman–Crippen MR) is 129 cm³/mol. The molecule has 33 heavy (non-hydrogen) atoms. The molecule has 0 fully saturated rings. The van der Waals surface area contributed by atoms with Gasteiger partial charge in [-0.3, -0.25) is 9.59 Å². The molecule has 5 rings (SSSR count). The van der Waals surface area contributed by atoms with Crippen molar-refractivity contribution in [1.29, 1.82) is 0 Å². The molecule has 0 atom stereocenters. The maximum atomic E-state index is 13.8. The van der Waals surface area contributed by atoms with E-state index in [9.17, 15) is 9.59 Å². The molecule has 6 heteroatoms. The van der Waals surface area contributed by atoms with Crippen LogP contribution in [0.4, 0.5) is 5.69 Å². The van der Waals surface area contributed by atoms with Gasteiger partial charge in [-0.05, 0) is 59.9 Å². The summed E-state index contributed by atoms with van der Waals surface area (Å²) in [6, 6.07) is 20.7. The number of hydrogen-bond donors (Lipinski definition) is 0. The SMILES string of the molecule is COc1ccc(C2=C(N3CCc4ccccc4C3)C(=O)N(c3cc(Cl)ccc3C)C2=O)cc1. The number of carbonyl (C=O) groups excluding carboxylic acids is 2. The topological polar surface area (TPSA) is 49.9 Å². The molecule has 5 nitrogen and oxygen atoms in total. The van der Waals surface area contributed by atoms with Crippen molar-refractivity contribution in [2.24, 2.45) is 0 Å². The summed E-state index contributed by atoms with van der Waals surface area (Å²) in [4.78, 5) is 30.9. The van der Waals surface area contributed by atoms with Crippen molar-refractivity contribution < 1.29 is 14.3 Å². The van der Waals surface area contributed by atoms with Crippen LogP contribution in [-0.2, 0) is 22.6 Å². The van der Waals surface area contributed by atoms with Crippen LogP contribution in [0.15, 0.2) is 72.4 Å². The summed E-state index contributed by atoms with van der Waals surface area (Å²) >= 11 is 6.23. The first-order valence-corrected chi connectivity index (χ1v) is 11.2. The predicted octanol–water partition coefficient (Wildman–Crippen LogP) is 5.00. The minimum atomic E-state index is -0.343. The number of anilines is 1. The Morgan fingerprint density at radius 3 is 2.36 bits per heavy atom. The number of fused-ring (bicyclic) bond motifs is 1. The molecule has 0 aromatic heterocycles. The summed E-state index contributed by atoms with van der Waals surface area (Å²) in [6.45, 7) is 3.11. The zero-order valence-electron chi connectivity index (χ0n) is 18.5. The second kappa shape index (κ2) is 8.41. The average molecular weight is 459 g/mol. The minimum Gasteiger partial charge on any atom is -0.497 e. The van der Waals surface area contributed by atoms with Crippen LogP contribution >= 0.6 is 11.6 Å². The summed E-state index contributed by atoms with van der Waals surface area (Å²) in [5.74, 6) is 0.0204. The molecule has 2 amide bonds. The fraction of sp³-hybridized carbons (Fsp3) is 0.185. The highest BCUT2D eigenvalue weighted by atomic mass is 35.5. The zero-order chi connectivity index (χ0) is 23.1. The number of aryl methyl sites for hydroxylation is 1. The van der Waals surface area contributed by atoms with Crippen LogP contribution in [0.3, 0.4) is 0 Å². The number of amides is 2. The number of rotatable bonds is 4. The van der Waals surface area contributed by atoms with E-state index >= 15 is 0 Å². The highest BCUT2D eigenvalue weighted by molar-refractivity contribution is 6.45. The Hall–Kier alpha value is -3.57. The van der Waals surface area contributed by atoms with Gasteiger partial charge in [0, 0.05) is 18.1 Å². The zero-order valence-corrected chi connectivity index (χ0v) is 19.2. The Bertz CT molecular complexity index is 1300. The summed E-state index contributed by atoms with van der Waals surface area (Å²) in [7, 11) is 1.60. The third-order valence-electron chi connectivity index (χ3n) is 6.30. The molecule has 2 aliphatic rings. The molecule has 0 saturated carbocycles. The van der Waals surface area contributed by atoms with Crippen molar-refractivity contribution >= 4 is 34.7 Å². The molecule has 2 heterocycles. The molecular formula is C27H23ClN2O3. The molecule has 3 aromatic rings. The van der Waals surface area contributed by atoms with Gasteiger partial charge in [-0.2, -0.15) is 0 Å². The lowest BCUT2D eigenvalue weighted by molar-refractivity contribution is -0.120. The molecule has 2 aliphatic heterocycles. The molecule has 166 valence electrons. The van der Waals surface area contributed by atoms with Gasteiger partial charge in [-0.25, -0.2) is 4.90 Å². The number of hydrogen-bond acceptors (Lipinski definition) is 4. The van der Waals surface area contributed by atoms with Crippen LogP contribution in [0, 0.1) is 6.92 Å². The van der Waals surface area contributed by atoms with Crippen LogP contribution in [0.2, 0.25) is 5.02 Å². The van der Waals surface area contributed by atoms with Crippen LogP contribution in [0.1, 0.15) is 22.3 Å². The molecular weight excluding hydrogens is 436 g/mol. The quantitative estimate of drug-likeness (QED) is 0.516. The number of imide groups is 1. The molecule has 0 bridgehead atoms. The third kappa shape index (κ3) is 3.68. The van der Waals surface area contributed by atoms with Gasteiger partial charge in [0.2, 0.25) is 0 Å².